The standard InChI is InChI=1S/C5H5F3O/c6-4(1-2-9)3-5(7)8/h1,3,9H,2H2/b4-1-. The summed E-state index contributed by atoms with van der Waals surface area (Å²) in [5, 5.41) is 7.96. The number of allylic oxidation sites excluding steroid dienone is 2. The molecule has 0 unspecified atom stereocenters. The molecule has 1 nitrogen and oxygen atoms in total. The fourth-order valence-corrected chi connectivity index (χ4v) is 0.250. The van der Waals surface area contributed by atoms with Crippen LogP contribution in [0.15, 0.2) is 24.1 Å². The van der Waals surface area contributed by atoms with Gasteiger partial charge in [-0.3, -0.25) is 0 Å². The second-order valence-corrected chi connectivity index (χ2v) is 1.21. The van der Waals surface area contributed by atoms with Gasteiger partial charge in [0.15, 0.2) is 0 Å². The largest absolute Gasteiger partial charge is 0.392 e. The smallest absolute Gasteiger partial charge is 0.273 e. The molecule has 0 spiro atoms. The van der Waals surface area contributed by atoms with Gasteiger partial charge in [-0.2, -0.15) is 8.78 Å². The summed E-state index contributed by atoms with van der Waals surface area (Å²) in [7, 11) is 0. The number of halogens is 3. The summed E-state index contributed by atoms with van der Waals surface area (Å²) < 4.78 is 34.0. The van der Waals surface area contributed by atoms with E-state index in [1.807, 2.05) is 0 Å². The molecule has 0 atom stereocenters. The van der Waals surface area contributed by atoms with Crippen molar-refractivity contribution >= 4 is 0 Å². The first-order chi connectivity index (χ1) is 4.16. The topological polar surface area (TPSA) is 20.2 Å². The number of rotatable bonds is 2. The van der Waals surface area contributed by atoms with Gasteiger partial charge in [-0.05, 0) is 6.08 Å². The zero-order chi connectivity index (χ0) is 7.28. The highest BCUT2D eigenvalue weighted by molar-refractivity contribution is 5.10. The van der Waals surface area contributed by atoms with Crippen LogP contribution in [-0.4, -0.2) is 11.7 Å². The highest BCUT2D eigenvalue weighted by Crippen LogP contribution is 2.05. The summed E-state index contributed by atoms with van der Waals surface area (Å²) in [5.74, 6) is -1.13. The number of hydrogen-bond donors (Lipinski definition) is 1. The van der Waals surface area contributed by atoms with Crippen LogP contribution in [0, 0.1) is 0 Å². The molecular formula is C5H5F3O. The van der Waals surface area contributed by atoms with E-state index >= 15 is 0 Å². The fraction of sp³-hybridized carbons (Fsp3) is 0.200. The molecule has 0 bridgehead atoms. The van der Waals surface area contributed by atoms with E-state index < -0.39 is 18.5 Å². The Morgan fingerprint density at radius 2 is 1.89 bits per heavy atom. The Hall–Kier alpha value is -0.770. The van der Waals surface area contributed by atoms with Gasteiger partial charge in [-0.1, -0.05) is 0 Å². The molecule has 0 saturated heterocycles. The van der Waals surface area contributed by atoms with E-state index in [2.05, 4.69) is 0 Å². The Kier molecular flexibility index (Phi) is 3.79. The van der Waals surface area contributed by atoms with Crippen molar-refractivity contribution in [2.75, 3.05) is 6.61 Å². The van der Waals surface area contributed by atoms with Crippen molar-refractivity contribution in [3.63, 3.8) is 0 Å². The van der Waals surface area contributed by atoms with Gasteiger partial charge in [-0.15, -0.1) is 0 Å². The number of hydrogen-bond acceptors (Lipinski definition) is 1. The minimum atomic E-state index is -2.11. The summed E-state index contributed by atoms with van der Waals surface area (Å²) in [5.41, 5.74) is 0. The predicted octanol–water partition coefficient (Wildman–Crippen LogP) is 1.61. The van der Waals surface area contributed by atoms with Gasteiger partial charge in [0.2, 0.25) is 0 Å². The average molecular weight is 138 g/mol. The van der Waals surface area contributed by atoms with Gasteiger partial charge in [0.05, 0.1) is 6.61 Å². The van der Waals surface area contributed by atoms with Crippen molar-refractivity contribution in [3.8, 4) is 0 Å². The maximum absolute atomic E-state index is 11.8. The Morgan fingerprint density at radius 3 is 2.22 bits per heavy atom. The van der Waals surface area contributed by atoms with E-state index in [0.29, 0.717) is 6.08 Å². The summed E-state index contributed by atoms with van der Waals surface area (Å²) >= 11 is 0. The molecule has 0 aliphatic carbocycles. The monoisotopic (exact) mass is 138 g/mol. The highest BCUT2D eigenvalue weighted by atomic mass is 19.3. The molecule has 4 heteroatoms. The highest BCUT2D eigenvalue weighted by Gasteiger charge is 1.91. The van der Waals surface area contributed by atoms with Crippen LogP contribution in [0.25, 0.3) is 0 Å². The van der Waals surface area contributed by atoms with Crippen molar-refractivity contribution < 1.29 is 18.3 Å². The summed E-state index contributed by atoms with van der Waals surface area (Å²) in [4.78, 5) is 0. The van der Waals surface area contributed by atoms with Crippen LogP contribution in [0.1, 0.15) is 0 Å². The van der Waals surface area contributed by atoms with E-state index in [1.165, 1.54) is 0 Å². The second kappa shape index (κ2) is 4.14. The first-order valence-electron chi connectivity index (χ1n) is 2.16. The van der Waals surface area contributed by atoms with Gasteiger partial charge in [0, 0.05) is 6.08 Å². The van der Waals surface area contributed by atoms with Gasteiger partial charge >= 0.3 is 0 Å². The van der Waals surface area contributed by atoms with E-state index in [4.69, 9.17) is 5.11 Å². The van der Waals surface area contributed by atoms with Crippen LogP contribution >= 0.6 is 0 Å². The third-order valence-electron chi connectivity index (χ3n) is 0.533. The van der Waals surface area contributed by atoms with Gasteiger partial charge in [0.1, 0.15) is 5.83 Å². The van der Waals surface area contributed by atoms with E-state index in [1.54, 1.807) is 0 Å². The molecule has 0 saturated carbocycles. The van der Waals surface area contributed by atoms with Crippen LogP contribution in [0.3, 0.4) is 0 Å². The number of aliphatic hydroxyl groups excluding tert-OH is 1. The zero-order valence-electron chi connectivity index (χ0n) is 4.44. The normalized spacial score (nSPS) is 11.3. The summed E-state index contributed by atoms with van der Waals surface area (Å²) in [6.45, 7) is -0.574. The minimum Gasteiger partial charge on any atom is -0.392 e. The summed E-state index contributed by atoms with van der Waals surface area (Å²) in [6, 6.07) is 0. The van der Waals surface area contributed by atoms with E-state index in [-0.39, 0.29) is 6.08 Å². The van der Waals surface area contributed by atoms with Crippen molar-refractivity contribution in [1.29, 1.82) is 0 Å². The van der Waals surface area contributed by atoms with Gasteiger partial charge in [-0.25, -0.2) is 4.39 Å². The van der Waals surface area contributed by atoms with Crippen LogP contribution in [0.4, 0.5) is 13.2 Å². The Morgan fingerprint density at radius 1 is 1.33 bits per heavy atom. The molecule has 0 aliphatic heterocycles. The maximum Gasteiger partial charge on any atom is 0.273 e. The Balaban J connectivity index is 3.90. The van der Waals surface area contributed by atoms with Crippen LogP contribution < -0.4 is 0 Å². The molecule has 0 heterocycles. The van der Waals surface area contributed by atoms with Crippen LogP contribution in [-0.2, 0) is 0 Å². The minimum absolute atomic E-state index is 0.0379. The van der Waals surface area contributed by atoms with E-state index in [9.17, 15) is 13.2 Å². The first kappa shape index (κ1) is 8.23. The molecule has 52 valence electrons. The molecule has 0 amide bonds. The fourth-order valence-electron chi connectivity index (χ4n) is 0.250. The van der Waals surface area contributed by atoms with Crippen molar-refractivity contribution in [1.82, 2.24) is 0 Å². The Bertz CT molecular complexity index is 135. The second-order valence-electron chi connectivity index (χ2n) is 1.21. The zero-order valence-corrected chi connectivity index (χ0v) is 4.44. The average Bonchev–Trinajstić information content (AvgIpc) is 1.63. The molecule has 0 rings (SSSR count). The van der Waals surface area contributed by atoms with E-state index in [0.717, 1.165) is 0 Å². The quantitative estimate of drug-likeness (QED) is 0.575. The lowest BCUT2D eigenvalue weighted by Gasteiger charge is -1.81. The third-order valence-corrected chi connectivity index (χ3v) is 0.533. The van der Waals surface area contributed by atoms with Crippen molar-refractivity contribution in [3.05, 3.63) is 24.1 Å². The lowest BCUT2D eigenvalue weighted by Crippen LogP contribution is -1.74. The van der Waals surface area contributed by atoms with Crippen molar-refractivity contribution in [2.24, 2.45) is 0 Å². The van der Waals surface area contributed by atoms with Crippen LogP contribution in [0.2, 0.25) is 0 Å². The molecule has 1 N–H and O–H groups in total. The Labute approximate surface area is 50.1 Å². The molecule has 9 heavy (non-hydrogen) atoms. The SMILES string of the molecule is OC/C=C(\F)C=C(F)F. The number of aliphatic hydroxyl groups is 1. The van der Waals surface area contributed by atoms with Gasteiger partial charge < -0.3 is 5.11 Å². The third kappa shape index (κ3) is 5.10. The molecule has 0 aromatic rings. The maximum atomic E-state index is 11.8. The molecule has 0 aromatic heterocycles. The molecule has 0 radical (unpaired) electrons. The van der Waals surface area contributed by atoms with Gasteiger partial charge in [0.25, 0.3) is 6.08 Å². The lowest BCUT2D eigenvalue weighted by molar-refractivity contribution is 0.339. The molecule has 0 fully saturated rings. The van der Waals surface area contributed by atoms with Crippen LogP contribution in [0.5, 0.6) is 0 Å². The lowest BCUT2D eigenvalue weighted by atomic mass is 10.5. The first-order valence-corrected chi connectivity index (χ1v) is 2.16. The molecular weight excluding hydrogens is 133 g/mol. The molecule has 0 aromatic carbocycles. The predicted molar refractivity (Wildman–Crippen MR) is 26.6 cm³/mol. The molecule has 0 aliphatic rings. The van der Waals surface area contributed by atoms with Crippen molar-refractivity contribution in [2.45, 2.75) is 0 Å². The summed E-state index contributed by atoms with van der Waals surface area (Å²) in [6.07, 6.45) is -1.44.